The van der Waals surface area contributed by atoms with E-state index in [1.807, 2.05) is 30.3 Å². The van der Waals surface area contributed by atoms with Crippen LogP contribution in [0.3, 0.4) is 0 Å². The fourth-order valence-corrected chi connectivity index (χ4v) is 3.22. The Bertz CT molecular complexity index is 602. The number of halogens is 2. The molecule has 0 aliphatic heterocycles. The van der Waals surface area contributed by atoms with Gasteiger partial charge in [-0.05, 0) is 36.2 Å². The van der Waals surface area contributed by atoms with Crippen LogP contribution in [-0.2, 0) is 11.2 Å². The number of hydrogen-bond acceptors (Lipinski definition) is 2. The monoisotopic (exact) mass is 326 g/mol. The molecule has 2 aromatic carbocycles. The van der Waals surface area contributed by atoms with Crippen LogP contribution in [0.5, 0.6) is 0 Å². The van der Waals surface area contributed by atoms with E-state index in [0.29, 0.717) is 16.5 Å². The summed E-state index contributed by atoms with van der Waals surface area (Å²) < 4.78 is 0. The fourth-order valence-electron chi connectivity index (χ4n) is 1.73. The molecule has 1 atom stereocenters. The maximum Gasteiger partial charge on any atom is 0.317 e. The minimum absolute atomic E-state index is 0.352. The van der Waals surface area contributed by atoms with Crippen LogP contribution in [0.2, 0.25) is 10.0 Å². The number of carbonyl (C=O) groups is 1. The lowest BCUT2D eigenvalue weighted by atomic mass is 10.1. The molecule has 0 aliphatic rings. The van der Waals surface area contributed by atoms with Crippen LogP contribution in [0, 0.1) is 0 Å². The normalized spacial score (nSPS) is 12.1. The predicted octanol–water partition coefficient (Wildman–Crippen LogP) is 4.78. The van der Waals surface area contributed by atoms with E-state index in [1.165, 1.54) is 11.8 Å². The van der Waals surface area contributed by atoms with Gasteiger partial charge in [0.1, 0.15) is 5.25 Å². The first kappa shape index (κ1) is 15.2. The van der Waals surface area contributed by atoms with E-state index in [9.17, 15) is 9.90 Å². The van der Waals surface area contributed by atoms with E-state index in [-0.39, 0.29) is 0 Å². The van der Waals surface area contributed by atoms with Crippen molar-refractivity contribution in [1.29, 1.82) is 0 Å². The van der Waals surface area contributed by atoms with Gasteiger partial charge in [0.05, 0.1) is 0 Å². The number of carboxylic acids is 1. The number of aliphatic carboxylic acids is 1. The summed E-state index contributed by atoms with van der Waals surface area (Å²) in [6.45, 7) is 0. The van der Waals surface area contributed by atoms with Crippen LogP contribution in [0.4, 0.5) is 0 Å². The summed E-state index contributed by atoms with van der Waals surface area (Å²) in [6.07, 6.45) is 0.352. The van der Waals surface area contributed by atoms with Gasteiger partial charge in [0.25, 0.3) is 0 Å². The molecule has 20 heavy (non-hydrogen) atoms. The average molecular weight is 327 g/mol. The quantitative estimate of drug-likeness (QED) is 0.803. The highest BCUT2D eigenvalue weighted by atomic mass is 35.5. The molecule has 0 heterocycles. The van der Waals surface area contributed by atoms with Crippen LogP contribution < -0.4 is 0 Å². The summed E-state index contributed by atoms with van der Waals surface area (Å²) in [7, 11) is 0. The Balaban J connectivity index is 2.15. The third-order valence-corrected chi connectivity index (χ3v) is 4.50. The first-order valence-electron chi connectivity index (χ1n) is 5.94. The largest absolute Gasteiger partial charge is 0.480 e. The molecule has 0 aliphatic carbocycles. The van der Waals surface area contributed by atoms with Crippen LogP contribution in [0.1, 0.15) is 5.56 Å². The Labute approximate surface area is 131 Å². The Hall–Kier alpha value is -1.16. The summed E-state index contributed by atoms with van der Waals surface area (Å²) >= 11 is 13.2. The van der Waals surface area contributed by atoms with E-state index in [2.05, 4.69) is 0 Å². The van der Waals surface area contributed by atoms with E-state index in [4.69, 9.17) is 23.2 Å². The second-order valence-electron chi connectivity index (χ2n) is 4.20. The molecule has 0 aromatic heterocycles. The molecule has 104 valence electrons. The summed E-state index contributed by atoms with van der Waals surface area (Å²) in [6, 6.07) is 14.6. The van der Waals surface area contributed by atoms with Crippen LogP contribution >= 0.6 is 35.0 Å². The van der Waals surface area contributed by atoms with Crippen molar-refractivity contribution in [2.45, 2.75) is 16.6 Å². The first-order chi connectivity index (χ1) is 9.56. The van der Waals surface area contributed by atoms with Gasteiger partial charge in [-0.3, -0.25) is 4.79 Å². The van der Waals surface area contributed by atoms with Crippen molar-refractivity contribution in [2.75, 3.05) is 0 Å². The topological polar surface area (TPSA) is 37.3 Å². The third kappa shape index (κ3) is 4.17. The van der Waals surface area contributed by atoms with Crippen molar-refractivity contribution in [3.05, 3.63) is 64.1 Å². The molecule has 0 radical (unpaired) electrons. The molecule has 0 bridgehead atoms. The molecule has 0 saturated heterocycles. The Morgan fingerprint density at radius 2 is 1.85 bits per heavy atom. The SMILES string of the molecule is O=C(O)C(Cc1ccc(Cl)cc1Cl)Sc1ccccc1. The molecule has 1 N–H and O–H groups in total. The highest BCUT2D eigenvalue weighted by Gasteiger charge is 2.20. The van der Waals surface area contributed by atoms with Crippen LogP contribution in [0.15, 0.2) is 53.4 Å². The number of carboxylic acid groups (broad SMARTS) is 1. The molecule has 5 heteroatoms. The standard InChI is InChI=1S/C15H12Cl2O2S/c16-11-7-6-10(13(17)9-11)8-14(15(18)19)20-12-4-2-1-3-5-12/h1-7,9,14H,8H2,(H,18,19). The zero-order valence-electron chi connectivity index (χ0n) is 10.4. The van der Waals surface area contributed by atoms with Gasteiger partial charge >= 0.3 is 5.97 Å². The highest BCUT2D eigenvalue weighted by molar-refractivity contribution is 8.00. The number of benzene rings is 2. The maximum absolute atomic E-state index is 11.4. The highest BCUT2D eigenvalue weighted by Crippen LogP contribution is 2.29. The smallest absolute Gasteiger partial charge is 0.317 e. The Kier molecular flexibility index (Phi) is 5.35. The zero-order valence-corrected chi connectivity index (χ0v) is 12.8. The van der Waals surface area contributed by atoms with Gasteiger partial charge in [-0.2, -0.15) is 0 Å². The molecular weight excluding hydrogens is 315 g/mol. The van der Waals surface area contributed by atoms with E-state index >= 15 is 0 Å². The minimum Gasteiger partial charge on any atom is -0.480 e. The molecule has 0 fully saturated rings. The molecule has 0 spiro atoms. The molecule has 1 unspecified atom stereocenters. The average Bonchev–Trinajstić information content (AvgIpc) is 2.42. The fraction of sp³-hybridized carbons (Fsp3) is 0.133. The molecule has 0 saturated carbocycles. The van der Waals surface area contributed by atoms with Crippen molar-refractivity contribution in [1.82, 2.24) is 0 Å². The summed E-state index contributed by atoms with van der Waals surface area (Å²) in [5, 5.41) is 9.80. The van der Waals surface area contributed by atoms with Crippen LogP contribution in [-0.4, -0.2) is 16.3 Å². The van der Waals surface area contributed by atoms with Crippen LogP contribution in [0.25, 0.3) is 0 Å². The van der Waals surface area contributed by atoms with Gasteiger partial charge in [0.2, 0.25) is 0 Å². The van der Waals surface area contributed by atoms with Crippen molar-refractivity contribution in [3.8, 4) is 0 Å². The Morgan fingerprint density at radius 3 is 2.45 bits per heavy atom. The zero-order chi connectivity index (χ0) is 14.5. The lowest BCUT2D eigenvalue weighted by molar-refractivity contribution is -0.136. The second-order valence-corrected chi connectivity index (χ2v) is 6.32. The predicted molar refractivity (Wildman–Crippen MR) is 83.9 cm³/mol. The maximum atomic E-state index is 11.4. The van der Waals surface area contributed by atoms with Gasteiger partial charge < -0.3 is 5.11 Å². The van der Waals surface area contributed by atoms with E-state index in [1.54, 1.807) is 18.2 Å². The van der Waals surface area contributed by atoms with E-state index < -0.39 is 11.2 Å². The lowest BCUT2D eigenvalue weighted by Gasteiger charge is -2.13. The minimum atomic E-state index is -0.857. The molecule has 2 nitrogen and oxygen atoms in total. The van der Waals surface area contributed by atoms with Crippen molar-refractivity contribution < 1.29 is 9.90 Å². The lowest BCUT2D eigenvalue weighted by Crippen LogP contribution is -2.19. The first-order valence-corrected chi connectivity index (χ1v) is 7.58. The molecule has 2 rings (SSSR count). The summed E-state index contributed by atoms with van der Waals surface area (Å²) in [4.78, 5) is 12.3. The van der Waals surface area contributed by atoms with Crippen molar-refractivity contribution in [3.63, 3.8) is 0 Å². The summed E-state index contributed by atoms with van der Waals surface area (Å²) in [5.41, 5.74) is 0.784. The van der Waals surface area contributed by atoms with Crippen molar-refractivity contribution in [2.24, 2.45) is 0 Å². The molecular formula is C15H12Cl2O2S. The van der Waals surface area contributed by atoms with Gasteiger partial charge in [-0.1, -0.05) is 47.5 Å². The molecule has 2 aromatic rings. The summed E-state index contributed by atoms with van der Waals surface area (Å²) in [5.74, 6) is -0.857. The van der Waals surface area contributed by atoms with Gasteiger partial charge in [0.15, 0.2) is 0 Å². The Morgan fingerprint density at radius 1 is 1.15 bits per heavy atom. The number of thioether (sulfide) groups is 1. The van der Waals surface area contributed by atoms with Gasteiger partial charge in [-0.15, -0.1) is 11.8 Å². The number of rotatable bonds is 5. The van der Waals surface area contributed by atoms with Crippen molar-refractivity contribution >= 4 is 40.9 Å². The van der Waals surface area contributed by atoms with E-state index in [0.717, 1.165) is 10.5 Å². The second kappa shape index (κ2) is 7.02. The number of hydrogen-bond donors (Lipinski definition) is 1. The van der Waals surface area contributed by atoms with Gasteiger partial charge in [-0.25, -0.2) is 0 Å². The molecule has 0 amide bonds. The third-order valence-electron chi connectivity index (χ3n) is 2.72. The van der Waals surface area contributed by atoms with Gasteiger partial charge in [0, 0.05) is 14.9 Å².